The molecule has 0 aromatic heterocycles. The van der Waals surface area contributed by atoms with Crippen LogP contribution in [0.5, 0.6) is 0 Å². The second-order valence-electron chi connectivity index (χ2n) is 4.27. The predicted octanol–water partition coefficient (Wildman–Crippen LogP) is -0.234. The van der Waals surface area contributed by atoms with Gasteiger partial charge in [0.05, 0.1) is 6.04 Å². The Morgan fingerprint density at radius 1 is 1.27 bits per heavy atom. The smallest absolute Gasteiger partial charge is 0.237 e. The van der Waals surface area contributed by atoms with Gasteiger partial charge in [-0.15, -0.1) is 0 Å². The Kier molecular flexibility index (Phi) is 3.75. The Morgan fingerprint density at radius 2 is 2.00 bits per heavy atom. The highest BCUT2D eigenvalue weighted by Gasteiger charge is 2.26. The molecule has 1 unspecified atom stereocenters. The summed E-state index contributed by atoms with van der Waals surface area (Å²) in [6, 6.07) is 0.367. The number of carbonyl (C=O) groups excluding carboxylic acids is 1. The Bertz CT molecular complexity index is 260. The monoisotopic (exact) mass is 230 g/mol. The third kappa shape index (κ3) is 3.01. The lowest BCUT2D eigenvalue weighted by atomic mass is 10.0. The molecule has 0 aromatic rings. The minimum absolute atomic E-state index is 0.0183. The second kappa shape index (κ2) is 5.07. The van der Waals surface area contributed by atoms with Gasteiger partial charge in [0, 0.05) is 34.9 Å². The summed E-state index contributed by atoms with van der Waals surface area (Å²) >= 11 is 0. The van der Waals surface area contributed by atoms with Crippen LogP contribution >= 0.6 is 0 Å². The molecule has 2 aliphatic heterocycles. The van der Waals surface area contributed by atoms with Gasteiger partial charge in [-0.1, -0.05) is 0 Å². The van der Waals surface area contributed by atoms with Crippen LogP contribution < -0.4 is 10.6 Å². The number of hydrogen-bond acceptors (Lipinski definition) is 3. The van der Waals surface area contributed by atoms with Crippen LogP contribution in [0.25, 0.3) is 0 Å². The summed E-state index contributed by atoms with van der Waals surface area (Å²) in [5.74, 6) is 1.70. The lowest BCUT2D eigenvalue weighted by Gasteiger charge is -2.29. The highest BCUT2D eigenvalue weighted by molar-refractivity contribution is 7.85. The fraction of sp³-hybridized carbons (Fsp3) is 0.900. The molecule has 0 radical (unpaired) electrons. The highest BCUT2D eigenvalue weighted by Crippen LogP contribution is 2.12. The number of nitrogens with one attached hydrogen (secondary N) is 2. The van der Waals surface area contributed by atoms with Crippen LogP contribution in [0.2, 0.25) is 0 Å². The van der Waals surface area contributed by atoms with Crippen molar-refractivity contribution in [3.63, 3.8) is 0 Å². The molecule has 4 nitrogen and oxygen atoms in total. The predicted molar refractivity (Wildman–Crippen MR) is 60.1 cm³/mol. The van der Waals surface area contributed by atoms with E-state index in [2.05, 4.69) is 10.6 Å². The number of piperidine rings is 1. The number of rotatable bonds is 2. The summed E-state index contributed by atoms with van der Waals surface area (Å²) in [7, 11) is -0.617. The summed E-state index contributed by atoms with van der Waals surface area (Å²) in [6.45, 7) is 0.811. The highest BCUT2D eigenvalue weighted by atomic mass is 32.2. The van der Waals surface area contributed by atoms with Gasteiger partial charge in [-0.05, 0) is 25.7 Å². The van der Waals surface area contributed by atoms with E-state index in [1.165, 1.54) is 0 Å². The molecule has 2 saturated heterocycles. The maximum absolute atomic E-state index is 11.5. The molecule has 0 saturated carbocycles. The van der Waals surface area contributed by atoms with Crippen molar-refractivity contribution in [3.05, 3.63) is 0 Å². The SMILES string of the molecule is O=C1NCCCC1NC1CCS(=O)CC1. The standard InChI is InChI=1S/C10H18N2O2S/c13-10-9(2-1-5-11-10)12-8-3-6-15(14)7-4-8/h8-9,12H,1-7H2,(H,11,13). The third-order valence-corrected chi connectivity index (χ3v) is 4.49. The summed E-state index contributed by atoms with van der Waals surface area (Å²) in [6.07, 6.45) is 3.88. The molecule has 2 N–H and O–H groups in total. The molecule has 0 aromatic carbocycles. The molecule has 2 aliphatic rings. The largest absolute Gasteiger partial charge is 0.355 e. The Hall–Kier alpha value is -0.420. The van der Waals surface area contributed by atoms with Crippen LogP contribution in [-0.4, -0.2) is 40.3 Å². The van der Waals surface area contributed by atoms with Gasteiger partial charge >= 0.3 is 0 Å². The van der Waals surface area contributed by atoms with Crippen LogP contribution in [0.4, 0.5) is 0 Å². The lowest BCUT2D eigenvalue weighted by molar-refractivity contribution is -0.124. The van der Waals surface area contributed by atoms with E-state index in [0.29, 0.717) is 6.04 Å². The molecule has 0 spiro atoms. The van der Waals surface area contributed by atoms with Crippen LogP contribution in [0, 0.1) is 0 Å². The molecule has 5 heteroatoms. The quantitative estimate of drug-likeness (QED) is 0.689. The van der Waals surface area contributed by atoms with E-state index < -0.39 is 10.8 Å². The first-order valence-electron chi connectivity index (χ1n) is 5.64. The Balaban J connectivity index is 1.80. The van der Waals surface area contributed by atoms with E-state index in [1.807, 2.05) is 0 Å². The first-order chi connectivity index (χ1) is 7.25. The van der Waals surface area contributed by atoms with Crippen molar-refractivity contribution in [3.8, 4) is 0 Å². The minimum atomic E-state index is -0.617. The molecule has 86 valence electrons. The van der Waals surface area contributed by atoms with Gasteiger partial charge in [0.25, 0.3) is 0 Å². The molecule has 2 rings (SSSR count). The van der Waals surface area contributed by atoms with Gasteiger partial charge in [0.15, 0.2) is 0 Å². The van der Waals surface area contributed by atoms with E-state index >= 15 is 0 Å². The fourth-order valence-electron chi connectivity index (χ4n) is 2.18. The number of amides is 1. The van der Waals surface area contributed by atoms with Gasteiger partial charge in [0.1, 0.15) is 0 Å². The number of hydrogen-bond donors (Lipinski definition) is 2. The van der Waals surface area contributed by atoms with Gasteiger partial charge in [-0.25, -0.2) is 0 Å². The average Bonchev–Trinajstić information content (AvgIpc) is 2.25. The maximum atomic E-state index is 11.5. The zero-order valence-electron chi connectivity index (χ0n) is 8.83. The summed E-state index contributed by atoms with van der Waals surface area (Å²) < 4.78 is 11.2. The molecule has 1 amide bonds. The van der Waals surface area contributed by atoms with Crippen molar-refractivity contribution in [2.24, 2.45) is 0 Å². The van der Waals surface area contributed by atoms with Crippen molar-refractivity contribution >= 4 is 16.7 Å². The van der Waals surface area contributed by atoms with E-state index in [9.17, 15) is 9.00 Å². The average molecular weight is 230 g/mol. The van der Waals surface area contributed by atoms with E-state index in [1.54, 1.807) is 0 Å². The summed E-state index contributed by atoms with van der Waals surface area (Å²) in [4.78, 5) is 11.5. The zero-order chi connectivity index (χ0) is 10.7. The fourth-order valence-corrected chi connectivity index (χ4v) is 3.48. The first-order valence-corrected chi connectivity index (χ1v) is 7.13. The second-order valence-corrected chi connectivity index (χ2v) is 5.97. The summed E-state index contributed by atoms with van der Waals surface area (Å²) in [5, 5.41) is 6.25. The van der Waals surface area contributed by atoms with Crippen LogP contribution in [0.1, 0.15) is 25.7 Å². The zero-order valence-corrected chi connectivity index (χ0v) is 9.65. The van der Waals surface area contributed by atoms with Crippen molar-refractivity contribution in [2.45, 2.75) is 37.8 Å². The van der Waals surface area contributed by atoms with Gasteiger partial charge in [0.2, 0.25) is 5.91 Å². The molecule has 1 atom stereocenters. The lowest BCUT2D eigenvalue weighted by Crippen LogP contribution is -2.52. The summed E-state index contributed by atoms with van der Waals surface area (Å²) in [5.41, 5.74) is 0. The molecule has 0 aliphatic carbocycles. The molecule has 2 heterocycles. The Morgan fingerprint density at radius 3 is 2.67 bits per heavy atom. The van der Waals surface area contributed by atoms with Crippen LogP contribution in [0.3, 0.4) is 0 Å². The van der Waals surface area contributed by atoms with Crippen molar-refractivity contribution in [2.75, 3.05) is 18.1 Å². The molecular formula is C10H18N2O2S. The molecule has 0 bridgehead atoms. The molecule has 2 fully saturated rings. The Labute approximate surface area is 92.6 Å². The van der Waals surface area contributed by atoms with E-state index in [0.717, 1.165) is 43.7 Å². The normalized spacial score (nSPS) is 37.3. The number of carbonyl (C=O) groups is 1. The van der Waals surface area contributed by atoms with E-state index in [-0.39, 0.29) is 11.9 Å². The van der Waals surface area contributed by atoms with Gasteiger partial charge < -0.3 is 10.6 Å². The van der Waals surface area contributed by atoms with Crippen molar-refractivity contribution in [1.82, 2.24) is 10.6 Å². The van der Waals surface area contributed by atoms with Gasteiger partial charge in [-0.2, -0.15) is 0 Å². The minimum Gasteiger partial charge on any atom is -0.355 e. The maximum Gasteiger partial charge on any atom is 0.237 e. The van der Waals surface area contributed by atoms with Crippen LogP contribution in [-0.2, 0) is 15.6 Å². The van der Waals surface area contributed by atoms with E-state index in [4.69, 9.17) is 0 Å². The van der Waals surface area contributed by atoms with Crippen molar-refractivity contribution in [1.29, 1.82) is 0 Å². The molecule has 15 heavy (non-hydrogen) atoms. The molecular weight excluding hydrogens is 212 g/mol. The first kappa shape index (κ1) is 11.1. The van der Waals surface area contributed by atoms with Crippen LogP contribution in [0.15, 0.2) is 0 Å². The van der Waals surface area contributed by atoms with Gasteiger partial charge in [-0.3, -0.25) is 9.00 Å². The van der Waals surface area contributed by atoms with Crippen molar-refractivity contribution < 1.29 is 9.00 Å². The third-order valence-electron chi connectivity index (χ3n) is 3.11. The topological polar surface area (TPSA) is 58.2 Å².